The first-order valence-corrected chi connectivity index (χ1v) is 6.27. The number of guanidine groups is 1. The molecule has 1 aliphatic heterocycles. The van der Waals surface area contributed by atoms with E-state index in [1.165, 1.54) is 0 Å². The van der Waals surface area contributed by atoms with Crippen LogP contribution in [0.5, 0.6) is 0 Å². The third-order valence-corrected chi connectivity index (χ3v) is 2.58. The first-order valence-electron chi connectivity index (χ1n) is 6.27. The zero-order valence-electron chi connectivity index (χ0n) is 10.9. The van der Waals surface area contributed by atoms with Crippen LogP contribution in [0, 0.1) is 5.92 Å². The number of rotatable bonds is 5. The summed E-state index contributed by atoms with van der Waals surface area (Å²) in [4.78, 5) is 6.72. The molecule has 0 aromatic carbocycles. The van der Waals surface area contributed by atoms with Crippen molar-refractivity contribution in [1.82, 2.24) is 15.6 Å². The molecule has 6 heteroatoms. The van der Waals surface area contributed by atoms with E-state index in [9.17, 15) is 0 Å². The summed E-state index contributed by atoms with van der Waals surface area (Å²) in [6.07, 6.45) is 0. The first-order chi connectivity index (χ1) is 8.22. The second kappa shape index (κ2) is 8.27. The molecular formula is C11H25N5O. The summed E-state index contributed by atoms with van der Waals surface area (Å²) in [5, 5.41) is 3.20. The third-order valence-electron chi connectivity index (χ3n) is 2.58. The van der Waals surface area contributed by atoms with E-state index in [2.05, 4.69) is 34.5 Å². The van der Waals surface area contributed by atoms with Gasteiger partial charge in [-0.2, -0.15) is 0 Å². The van der Waals surface area contributed by atoms with Crippen molar-refractivity contribution in [1.29, 1.82) is 0 Å². The van der Waals surface area contributed by atoms with Gasteiger partial charge in [-0.3, -0.25) is 15.3 Å². The van der Waals surface area contributed by atoms with Crippen molar-refractivity contribution in [2.24, 2.45) is 16.8 Å². The SMILES string of the molecule is CC(C)CN=C(NN)NCCN1CCOCC1. The van der Waals surface area contributed by atoms with E-state index in [-0.39, 0.29) is 0 Å². The average molecular weight is 243 g/mol. The summed E-state index contributed by atoms with van der Waals surface area (Å²) in [7, 11) is 0. The fourth-order valence-corrected chi connectivity index (χ4v) is 1.58. The Morgan fingerprint density at radius 1 is 1.41 bits per heavy atom. The molecule has 4 N–H and O–H groups in total. The molecule has 0 aromatic rings. The minimum atomic E-state index is 0.541. The Morgan fingerprint density at radius 3 is 2.71 bits per heavy atom. The molecule has 1 saturated heterocycles. The van der Waals surface area contributed by atoms with Crippen molar-refractivity contribution in [3.8, 4) is 0 Å². The first kappa shape index (κ1) is 14.2. The van der Waals surface area contributed by atoms with E-state index < -0.39 is 0 Å². The molecule has 100 valence electrons. The lowest BCUT2D eigenvalue weighted by Gasteiger charge is -2.26. The minimum Gasteiger partial charge on any atom is -0.379 e. The van der Waals surface area contributed by atoms with E-state index in [0.717, 1.165) is 45.9 Å². The normalized spacial score (nSPS) is 18.5. The second-order valence-electron chi connectivity index (χ2n) is 4.61. The highest BCUT2D eigenvalue weighted by molar-refractivity contribution is 5.79. The number of morpholine rings is 1. The summed E-state index contributed by atoms with van der Waals surface area (Å²) < 4.78 is 5.30. The molecule has 1 rings (SSSR count). The molecule has 0 bridgehead atoms. The average Bonchev–Trinajstić information content (AvgIpc) is 2.34. The van der Waals surface area contributed by atoms with E-state index in [1.807, 2.05) is 0 Å². The van der Waals surface area contributed by atoms with Gasteiger partial charge in [-0.25, -0.2) is 5.84 Å². The molecule has 0 saturated carbocycles. The quantitative estimate of drug-likeness (QED) is 0.260. The van der Waals surface area contributed by atoms with Crippen LogP contribution in [0.3, 0.4) is 0 Å². The molecule has 0 radical (unpaired) electrons. The van der Waals surface area contributed by atoms with E-state index >= 15 is 0 Å². The smallest absolute Gasteiger partial charge is 0.205 e. The van der Waals surface area contributed by atoms with Crippen LogP contribution in [0.4, 0.5) is 0 Å². The zero-order valence-corrected chi connectivity index (χ0v) is 10.9. The fourth-order valence-electron chi connectivity index (χ4n) is 1.58. The number of hydrazine groups is 1. The fraction of sp³-hybridized carbons (Fsp3) is 0.909. The van der Waals surface area contributed by atoms with E-state index in [0.29, 0.717) is 11.9 Å². The Balaban J connectivity index is 2.16. The lowest BCUT2D eigenvalue weighted by molar-refractivity contribution is 0.0389. The minimum absolute atomic E-state index is 0.541. The Labute approximate surface area is 104 Å². The lowest BCUT2D eigenvalue weighted by Crippen LogP contribution is -2.46. The maximum absolute atomic E-state index is 5.40. The van der Waals surface area contributed by atoms with Crippen molar-refractivity contribution in [3.05, 3.63) is 0 Å². The molecule has 0 aliphatic carbocycles. The Bertz CT molecular complexity index is 226. The number of nitrogens with zero attached hydrogens (tertiary/aromatic N) is 2. The van der Waals surface area contributed by atoms with Crippen LogP contribution in [0.2, 0.25) is 0 Å². The summed E-state index contributed by atoms with van der Waals surface area (Å²) in [5.41, 5.74) is 2.59. The van der Waals surface area contributed by atoms with Crippen LogP contribution in [-0.4, -0.2) is 56.8 Å². The number of aliphatic imine (C=N–C) groups is 1. The molecule has 1 fully saturated rings. The van der Waals surface area contributed by atoms with Gasteiger partial charge in [-0.15, -0.1) is 0 Å². The molecule has 0 unspecified atom stereocenters. The molecule has 0 spiro atoms. The van der Waals surface area contributed by atoms with Gasteiger partial charge < -0.3 is 10.1 Å². The molecule has 0 aromatic heterocycles. The van der Waals surface area contributed by atoms with Gasteiger partial charge in [0.15, 0.2) is 0 Å². The zero-order chi connectivity index (χ0) is 12.5. The Morgan fingerprint density at radius 2 is 2.12 bits per heavy atom. The number of hydrogen-bond donors (Lipinski definition) is 3. The third kappa shape index (κ3) is 6.45. The van der Waals surface area contributed by atoms with Crippen LogP contribution < -0.4 is 16.6 Å². The molecule has 1 heterocycles. The van der Waals surface area contributed by atoms with Crippen molar-refractivity contribution in [3.63, 3.8) is 0 Å². The largest absolute Gasteiger partial charge is 0.379 e. The second-order valence-corrected chi connectivity index (χ2v) is 4.61. The number of hydrogen-bond acceptors (Lipinski definition) is 4. The van der Waals surface area contributed by atoms with Gasteiger partial charge in [0.1, 0.15) is 0 Å². The van der Waals surface area contributed by atoms with Gasteiger partial charge in [0.25, 0.3) is 0 Å². The molecule has 0 atom stereocenters. The molecule has 17 heavy (non-hydrogen) atoms. The summed E-state index contributed by atoms with van der Waals surface area (Å²) in [5.74, 6) is 6.62. The van der Waals surface area contributed by atoms with Crippen LogP contribution in [0.1, 0.15) is 13.8 Å². The summed E-state index contributed by atoms with van der Waals surface area (Å²) >= 11 is 0. The van der Waals surface area contributed by atoms with Crippen LogP contribution in [-0.2, 0) is 4.74 Å². The van der Waals surface area contributed by atoms with Crippen molar-refractivity contribution >= 4 is 5.96 Å². The monoisotopic (exact) mass is 243 g/mol. The van der Waals surface area contributed by atoms with Crippen molar-refractivity contribution < 1.29 is 4.74 Å². The summed E-state index contributed by atoms with van der Waals surface area (Å²) in [6.45, 7) is 10.6. The van der Waals surface area contributed by atoms with Crippen molar-refractivity contribution in [2.45, 2.75) is 13.8 Å². The highest BCUT2D eigenvalue weighted by Crippen LogP contribution is 1.95. The molecule has 6 nitrogen and oxygen atoms in total. The van der Waals surface area contributed by atoms with Crippen LogP contribution in [0.25, 0.3) is 0 Å². The van der Waals surface area contributed by atoms with Gasteiger partial charge in [0, 0.05) is 32.7 Å². The summed E-state index contributed by atoms with van der Waals surface area (Å²) in [6, 6.07) is 0. The standard InChI is InChI=1S/C11H25N5O/c1-10(2)9-14-11(15-12)13-3-4-16-5-7-17-8-6-16/h10H,3-9,12H2,1-2H3,(H2,13,14,15). The highest BCUT2D eigenvalue weighted by atomic mass is 16.5. The van der Waals surface area contributed by atoms with Gasteiger partial charge in [-0.05, 0) is 5.92 Å². The number of nitrogens with two attached hydrogens (primary N) is 1. The van der Waals surface area contributed by atoms with Gasteiger partial charge in [-0.1, -0.05) is 13.8 Å². The molecule has 1 aliphatic rings. The maximum Gasteiger partial charge on any atom is 0.205 e. The molecule has 0 amide bonds. The van der Waals surface area contributed by atoms with Crippen molar-refractivity contribution in [2.75, 3.05) is 45.9 Å². The topological polar surface area (TPSA) is 74.9 Å². The van der Waals surface area contributed by atoms with Crippen LogP contribution >= 0.6 is 0 Å². The van der Waals surface area contributed by atoms with Gasteiger partial charge >= 0.3 is 0 Å². The molecular weight excluding hydrogens is 218 g/mol. The maximum atomic E-state index is 5.40. The van der Waals surface area contributed by atoms with E-state index in [1.54, 1.807) is 0 Å². The van der Waals surface area contributed by atoms with Gasteiger partial charge in [0.05, 0.1) is 13.2 Å². The predicted molar refractivity (Wildman–Crippen MR) is 69.7 cm³/mol. The van der Waals surface area contributed by atoms with E-state index in [4.69, 9.17) is 10.6 Å². The highest BCUT2D eigenvalue weighted by Gasteiger charge is 2.09. The van der Waals surface area contributed by atoms with Gasteiger partial charge in [0.2, 0.25) is 5.96 Å². The lowest BCUT2D eigenvalue weighted by atomic mass is 10.2. The Kier molecular flexibility index (Phi) is 6.91. The number of nitrogens with one attached hydrogen (secondary N) is 2. The Hall–Kier alpha value is -0.850. The predicted octanol–water partition coefficient (Wildman–Crippen LogP) is -0.616. The van der Waals surface area contributed by atoms with Crippen LogP contribution in [0.15, 0.2) is 4.99 Å². The number of ether oxygens (including phenoxy) is 1.